The van der Waals surface area contributed by atoms with Crippen molar-refractivity contribution in [2.24, 2.45) is 5.92 Å². The van der Waals surface area contributed by atoms with Crippen molar-refractivity contribution in [2.45, 2.75) is 53.1 Å². The van der Waals surface area contributed by atoms with Crippen molar-refractivity contribution in [1.82, 2.24) is 9.55 Å². The molecule has 1 fully saturated rings. The quantitative estimate of drug-likeness (QED) is 0.803. The van der Waals surface area contributed by atoms with Crippen LogP contribution in [0.5, 0.6) is 0 Å². The Labute approximate surface area is 166 Å². The van der Waals surface area contributed by atoms with Gasteiger partial charge in [0.1, 0.15) is 12.0 Å². The van der Waals surface area contributed by atoms with E-state index >= 15 is 0 Å². The molecule has 1 aliphatic rings. The summed E-state index contributed by atoms with van der Waals surface area (Å²) in [4.78, 5) is 15.6. The predicted octanol–water partition coefficient (Wildman–Crippen LogP) is 3.97. The molecule has 3 rings (SSSR count). The zero-order chi connectivity index (χ0) is 20.9. The third-order valence-corrected chi connectivity index (χ3v) is 4.04. The van der Waals surface area contributed by atoms with Gasteiger partial charge in [0, 0.05) is 12.1 Å². The zero-order valence-electron chi connectivity index (χ0n) is 17.2. The number of alkyl halides is 1. The fraction of sp³-hybridized carbons (Fsp3) is 0.524. The molecule has 1 aromatic heterocycles. The first kappa shape index (κ1) is 23.8. The Morgan fingerprint density at radius 1 is 1.21 bits per heavy atom. The first-order valence-corrected chi connectivity index (χ1v) is 9.85. The van der Waals surface area contributed by atoms with E-state index in [4.69, 9.17) is 15.2 Å². The number of hydrogen-bond acceptors (Lipinski definition) is 5. The highest BCUT2D eigenvalue weighted by Crippen LogP contribution is 2.34. The van der Waals surface area contributed by atoms with Gasteiger partial charge in [0.15, 0.2) is 0 Å². The fourth-order valence-corrected chi connectivity index (χ4v) is 2.86. The van der Waals surface area contributed by atoms with E-state index in [0.29, 0.717) is 19.6 Å². The molecule has 1 saturated heterocycles. The minimum absolute atomic E-state index is 0.133. The number of halogens is 1. The van der Waals surface area contributed by atoms with Crippen LogP contribution in [0.3, 0.4) is 0 Å². The van der Waals surface area contributed by atoms with E-state index < -0.39 is 24.5 Å². The number of nitrogens with zero attached hydrogens (tertiary/aromatic N) is 2. The maximum Gasteiger partial charge on any atom is 0.351 e. The van der Waals surface area contributed by atoms with E-state index in [0.717, 1.165) is 5.56 Å². The van der Waals surface area contributed by atoms with E-state index in [1.54, 1.807) is 0 Å². The molecule has 28 heavy (non-hydrogen) atoms. The number of hydrogen-bond donors (Lipinski definition) is 1. The van der Waals surface area contributed by atoms with Crippen molar-refractivity contribution in [3.05, 3.63) is 58.6 Å². The normalized spacial score (nSPS) is 20.5. The van der Waals surface area contributed by atoms with Crippen molar-refractivity contribution in [1.29, 1.82) is 0 Å². The van der Waals surface area contributed by atoms with E-state index in [-0.39, 0.29) is 11.9 Å². The topological polar surface area (TPSA) is 79.4 Å². The lowest BCUT2D eigenvalue weighted by molar-refractivity contribution is -0.0550. The van der Waals surface area contributed by atoms with Crippen LogP contribution in [0.25, 0.3) is 0 Å². The summed E-state index contributed by atoms with van der Waals surface area (Å²) in [6, 6.07) is 11.3. The summed E-state index contributed by atoms with van der Waals surface area (Å²) in [5.74, 6) is -0.271. The Balaban J connectivity index is 0.000000921. The summed E-state index contributed by atoms with van der Waals surface area (Å²) < 4.78 is 26.1. The second-order valence-corrected chi connectivity index (χ2v) is 5.84. The van der Waals surface area contributed by atoms with Crippen LogP contribution >= 0.6 is 0 Å². The van der Waals surface area contributed by atoms with Crippen LogP contribution in [0.4, 0.5) is 10.2 Å². The van der Waals surface area contributed by atoms with Gasteiger partial charge in [-0.1, -0.05) is 58.0 Å². The maximum atomic E-state index is 13.3. The first-order chi connectivity index (χ1) is 13.7. The van der Waals surface area contributed by atoms with Gasteiger partial charge in [0.2, 0.25) is 0 Å². The minimum atomic E-state index is -0.680. The molecule has 0 saturated carbocycles. The lowest BCUT2D eigenvalue weighted by Crippen LogP contribution is -2.30. The van der Waals surface area contributed by atoms with Crippen LogP contribution in [-0.2, 0) is 16.1 Å². The number of anilines is 1. The third-order valence-electron chi connectivity index (χ3n) is 4.04. The molecule has 3 atom stereocenters. The molecule has 1 aliphatic heterocycles. The molecular weight excluding hydrogens is 361 g/mol. The van der Waals surface area contributed by atoms with E-state index in [9.17, 15) is 9.18 Å². The summed E-state index contributed by atoms with van der Waals surface area (Å²) in [7, 11) is 0. The predicted molar refractivity (Wildman–Crippen MR) is 110 cm³/mol. The SMILES string of the molecule is CC.CC.Nc1ccn(C2OC(COCc3ccccc3)CC2CF)c(=O)n1. The average molecular weight is 394 g/mol. The zero-order valence-corrected chi connectivity index (χ0v) is 17.2. The molecule has 7 heteroatoms. The number of rotatable bonds is 6. The Bertz CT molecular complexity index is 724. The van der Waals surface area contributed by atoms with E-state index in [1.165, 1.54) is 16.8 Å². The van der Waals surface area contributed by atoms with Crippen molar-refractivity contribution in [3.63, 3.8) is 0 Å². The van der Waals surface area contributed by atoms with Crippen LogP contribution < -0.4 is 11.4 Å². The molecule has 0 radical (unpaired) electrons. The van der Waals surface area contributed by atoms with Gasteiger partial charge in [-0.15, -0.1) is 0 Å². The second-order valence-electron chi connectivity index (χ2n) is 5.84. The minimum Gasteiger partial charge on any atom is -0.383 e. The van der Waals surface area contributed by atoms with Gasteiger partial charge in [-0.3, -0.25) is 8.96 Å². The molecule has 156 valence electrons. The van der Waals surface area contributed by atoms with Gasteiger partial charge < -0.3 is 15.2 Å². The van der Waals surface area contributed by atoms with Crippen LogP contribution in [0.15, 0.2) is 47.4 Å². The van der Waals surface area contributed by atoms with Crippen LogP contribution in [0.1, 0.15) is 45.9 Å². The van der Waals surface area contributed by atoms with Crippen LogP contribution in [0, 0.1) is 5.92 Å². The molecule has 0 aliphatic carbocycles. The summed E-state index contributed by atoms with van der Waals surface area (Å²) >= 11 is 0. The molecule has 0 spiro atoms. The third kappa shape index (κ3) is 6.73. The van der Waals surface area contributed by atoms with Crippen molar-refractivity contribution >= 4 is 5.82 Å². The van der Waals surface area contributed by atoms with Crippen molar-refractivity contribution < 1.29 is 13.9 Å². The van der Waals surface area contributed by atoms with Gasteiger partial charge >= 0.3 is 5.69 Å². The van der Waals surface area contributed by atoms with E-state index in [2.05, 4.69) is 4.98 Å². The molecule has 6 nitrogen and oxygen atoms in total. The fourth-order valence-electron chi connectivity index (χ4n) is 2.86. The monoisotopic (exact) mass is 393 g/mol. The summed E-state index contributed by atoms with van der Waals surface area (Å²) in [6.07, 6.45) is 1.04. The van der Waals surface area contributed by atoms with Crippen molar-refractivity contribution in [2.75, 3.05) is 19.0 Å². The van der Waals surface area contributed by atoms with Gasteiger partial charge in [0.05, 0.1) is 26.0 Å². The average Bonchev–Trinajstić information content (AvgIpc) is 3.15. The Morgan fingerprint density at radius 3 is 2.50 bits per heavy atom. The lowest BCUT2D eigenvalue weighted by atomic mass is 10.1. The van der Waals surface area contributed by atoms with Gasteiger partial charge in [-0.25, -0.2) is 4.79 Å². The van der Waals surface area contributed by atoms with Crippen LogP contribution in [0.2, 0.25) is 0 Å². The summed E-state index contributed by atoms with van der Waals surface area (Å²) in [5.41, 5.74) is 6.01. The van der Waals surface area contributed by atoms with Gasteiger partial charge in [-0.05, 0) is 18.1 Å². The summed E-state index contributed by atoms with van der Waals surface area (Å²) in [6.45, 7) is 8.24. The lowest BCUT2D eigenvalue weighted by Gasteiger charge is -2.18. The molecule has 2 N–H and O–H groups in total. The largest absolute Gasteiger partial charge is 0.383 e. The number of nitrogen functional groups attached to an aromatic ring is 1. The molecule has 2 aromatic rings. The molecular formula is C21H32FN3O3. The number of nitrogens with two attached hydrogens (primary N) is 1. The van der Waals surface area contributed by atoms with Crippen LogP contribution in [-0.4, -0.2) is 28.9 Å². The highest BCUT2D eigenvalue weighted by atomic mass is 19.1. The van der Waals surface area contributed by atoms with Gasteiger partial charge in [0.25, 0.3) is 0 Å². The Morgan fingerprint density at radius 2 is 1.89 bits per heavy atom. The number of benzene rings is 1. The maximum absolute atomic E-state index is 13.3. The molecule has 0 bridgehead atoms. The molecule has 3 unspecified atom stereocenters. The molecule has 1 aromatic carbocycles. The summed E-state index contributed by atoms with van der Waals surface area (Å²) in [5, 5.41) is 0. The van der Waals surface area contributed by atoms with Gasteiger partial charge in [-0.2, -0.15) is 4.98 Å². The first-order valence-electron chi connectivity index (χ1n) is 9.85. The second kappa shape index (κ2) is 13.0. The molecule has 2 heterocycles. The highest BCUT2D eigenvalue weighted by molar-refractivity contribution is 5.23. The van der Waals surface area contributed by atoms with Crippen molar-refractivity contribution in [3.8, 4) is 0 Å². The number of aromatic nitrogens is 2. The Kier molecular flexibility index (Phi) is 11.1. The number of ether oxygens (including phenoxy) is 2. The Hall–Kier alpha value is -2.25. The standard InChI is InChI=1S/C17H20FN3O3.2C2H6/c18-9-13-8-14(11-23-10-12-4-2-1-3-5-12)24-16(13)21-7-6-15(19)20-17(21)22;2*1-2/h1-7,13-14,16H,8-11H2,(H2,19,20,22);2*1-2H3. The smallest absolute Gasteiger partial charge is 0.351 e. The highest BCUT2D eigenvalue weighted by Gasteiger charge is 2.37. The van der Waals surface area contributed by atoms with E-state index in [1.807, 2.05) is 58.0 Å². The molecule has 0 amide bonds.